The molecule has 1 heterocycles. The highest BCUT2D eigenvalue weighted by atomic mass is 19.1. The third kappa shape index (κ3) is 10.5. The summed E-state index contributed by atoms with van der Waals surface area (Å²) in [4.78, 5) is 32.8. The van der Waals surface area contributed by atoms with Gasteiger partial charge in [-0.25, -0.2) is 18.7 Å². The van der Waals surface area contributed by atoms with E-state index in [0.717, 1.165) is 34.9 Å². The smallest absolute Gasteiger partial charge is 0.250 e. The van der Waals surface area contributed by atoms with Gasteiger partial charge in [-0.3, -0.25) is 9.59 Å². The number of benzene rings is 2. The third-order valence-corrected chi connectivity index (χ3v) is 6.54. The molecule has 0 bridgehead atoms. The Morgan fingerprint density at radius 2 is 1.67 bits per heavy atom. The van der Waals surface area contributed by atoms with Crippen LogP contribution >= 0.6 is 0 Å². The lowest BCUT2D eigenvalue weighted by Crippen LogP contribution is -2.51. The fraction of sp³-hybridized carbons (Fsp3) is 0.400. The Morgan fingerprint density at radius 3 is 2.36 bits per heavy atom. The van der Waals surface area contributed by atoms with Gasteiger partial charge in [0.15, 0.2) is 0 Å². The second kappa shape index (κ2) is 15.4. The van der Waals surface area contributed by atoms with E-state index in [1.54, 1.807) is 12.4 Å². The number of carbonyl (C=O) groups is 2. The minimum absolute atomic E-state index is 0.00863. The molecule has 0 aliphatic rings. The predicted octanol–water partition coefficient (Wildman–Crippen LogP) is 1.85. The molecule has 0 saturated heterocycles. The zero-order valence-electron chi connectivity index (χ0n) is 23.7. The molecule has 12 heteroatoms. The van der Waals surface area contributed by atoms with Crippen molar-refractivity contribution in [1.29, 1.82) is 0 Å². The Hall–Kier alpha value is -3.84. The van der Waals surface area contributed by atoms with Crippen molar-refractivity contribution in [3.63, 3.8) is 0 Å². The van der Waals surface area contributed by atoms with Crippen molar-refractivity contribution in [3.8, 4) is 11.1 Å². The zero-order valence-corrected chi connectivity index (χ0v) is 23.7. The summed E-state index contributed by atoms with van der Waals surface area (Å²) in [6.45, 7) is 4.20. The van der Waals surface area contributed by atoms with Crippen LogP contribution in [0.2, 0.25) is 0 Å². The minimum atomic E-state index is -1.49. The van der Waals surface area contributed by atoms with E-state index in [2.05, 4.69) is 20.6 Å². The van der Waals surface area contributed by atoms with Gasteiger partial charge in [0.05, 0.1) is 19.3 Å². The number of amides is 2. The third-order valence-electron chi connectivity index (χ3n) is 6.54. The monoisotopic (exact) mass is 584 g/mol. The maximum atomic E-state index is 13.8. The van der Waals surface area contributed by atoms with E-state index >= 15 is 0 Å². The summed E-state index contributed by atoms with van der Waals surface area (Å²) >= 11 is 0. The lowest BCUT2D eigenvalue weighted by molar-refractivity contribution is -0.131. The SMILES string of the molecule is CC(C)(CNC(=O)CC(N)Cc1cc(F)ccc1F)CNC(=O)C(O)C(N)COCc1ccc(-c2cncnc2)cc1. The number of nitrogens with zero attached hydrogens (tertiary/aromatic N) is 2. The summed E-state index contributed by atoms with van der Waals surface area (Å²) in [6, 6.07) is 9.09. The predicted molar refractivity (Wildman–Crippen MR) is 154 cm³/mol. The van der Waals surface area contributed by atoms with Gasteiger partial charge in [0.2, 0.25) is 5.91 Å². The first-order valence-corrected chi connectivity index (χ1v) is 13.5. The number of aromatic nitrogens is 2. The zero-order chi connectivity index (χ0) is 30.7. The highest BCUT2D eigenvalue weighted by Gasteiger charge is 2.26. The first-order valence-electron chi connectivity index (χ1n) is 13.5. The van der Waals surface area contributed by atoms with E-state index < -0.39 is 41.1 Å². The topological polar surface area (TPSA) is 165 Å². The van der Waals surface area contributed by atoms with E-state index in [4.69, 9.17) is 16.2 Å². The summed E-state index contributed by atoms with van der Waals surface area (Å²) in [5.41, 5.74) is 14.2. The number of hydrogen-bond acceptors (Lipinski definition) is 8. The number of rotatable bonds is 15. The van der Waals surface area contributed by atoms with Crippen LogP contribution in [0.15, 0.2) is 61.2 Å². The van der Waals surface area contributed by atoms with Crippen LogP contribution in [0.1, 0.15) is 31.4 Å². The number of nitrogens with one attached hydrogen (secondary N) is 2. The van der Waals surface area contributed by atoms with E-state index in [-0.39, 0.29) is 50.6 Å². The van der Waals surface area contributed by atoms with Crippen LogP contribution in [-0.2, 0) is 27.4 Å². The van der Waals surface area contributed by atoms with Gasteiger partial charge in [-0.05, 0) is 46.7 Å². The summed E-state index contributed by atoms with van der Waals surface area (Å²) < 4.78 is 32.8. The van der Waals surface area contributed by atoms with Gasteiger partial charge in [0, 0.05) is 43.5 Å². The van der Waals surface area contributed by atoms with E-state index in [1.807, 2.05) is 38.1 Å². The Bertz CT molecular complexity index is 1310. The fourth-order valence-corrected chi connectivity index (χ4v) is 4.04. The molecular weight excluding hydrogens is 546 g/mol. The van der Waals surface area contributed by atoms with E-state index in [9.17, 15) is 23.5 Å². The molecule has 226 valence electrons. The van der Waals surface area contributed by atoms with Crippen molar-refractivity contribution in [2.45, 2.75) is 51.5 Å². The lowest BCUT2D eigenvalue weighted by atomic mass is 9.93. The Morgan fingerprint density at radius 1 is 1.00 bits per heavy atom. The highest BCUT2D eigenvalue weighted by molar-refractivity contribution is 5.81. The molecule has 1 aromatic heterocycles. The molecule has 0 fully saturated rings. The van der Waals surface area contributed by atoms with Gasteiger partial charge in [0.1, 0.15) is 24.1 Å². The van der Waals surface area contributed by atoms with Crippen molar-refractivity contribution in [1.82, 2.24) is 20.6 Å². The van der Waals surface area contributed by atoms with Crippen molar-refractivity contribution in [3.05, 3.63) is 83.9 Å². The van der Waals surface area contributed by atoms with E-state index in [1.165, 1.54) is 6.33 Å². The molecular formula is C30H38F2N6O4. The Labute approximate surface area is 243 Å². The van der Waals surface area contributed by atoms with Crippen LogP contribution in [0.25, 0.3) is 11.1 Å². The average Bonchev–Trinajstić information content (AvgIpc) is 2.97. The standard InChI is InChI=1S/C30H38F2N6O4/c1-30(2,16-37-27(39)11-24(33)10-21-9-23(31)7-8-25(21)32)17-38-29(41)28(40)26(34)15-42-14-19-3-5-20(6-4-19)22-12-35-18-36-13-22/h3-9,12-13,18,24,26,28,40H,10-11,14-17,33-34H2,1-2H3,(H,37,39)(H,38,41). The minimum Gasteiger partial charge on any atom is -0.382 e. The number of halogens is 2. The number of aliphatic hydroxyl groups excluding tert-OH is 1. The summed E-state index contributed by atoms with van der Waals surface area (Å²) in [5, 5.41) is 15.8. The maximum Gasteiger partial charge on any atom is 0.250 e. The second-order valence-electron chi connectivity index (χ2n) is 11.0. The van der Waals surface area contributed by atoms with Crippen LogP contribution in [0.4, 0.5) is 8.78 Å². The summed E-state index contributed by atoms with van der Waals surface area (Å²) in [7, 11) is 0. The van der Waals surface area contributed by atoms with Gasteiger partial charge in [-0.2, -0.15) is 0 Å². The molecule has 2 aromatic carbocycles. The van der Waals surface area contributed by atoms with Gasteiger partial charge in [0.25, 0.3) is 5.91 Å². The first-order chi connectivity index (χ1) is 19.9. The van der Waals surface area contributed by atoms with Gasteiger partial charge in [-0.1, -0.05) is 38.1 Å². The van der Waals surface area contributed by atoms with Crippen LogP contribution in [0.3, 0.4) is 0 Å². The molecule has 3 atom stereocenters. The lowest BCUT2D eigenvalue weighted by Gasteiger charge is -2.27. The second-order valence-corrected chi connectivity index (χ2v) is 11.0. The molecule has 0 saturated carbocycles. The number of ether oxygens (including phenoxy) is 1. The molecule has 3 unspecified atom stereocenters. The van der Waals surface area contributed by atoms with Crippen LogP contribution in [0, 0.1) is 17.0 Å². The Balaban J connectivity index is 1.34. The molecule has 0 aliphatic heterocycles. The van der Waals surface area contributed by atoms with Crippen molar-refractivity contribution in [2.75, 3.05) is 19.7 Å². The number of aliphatic hydroxyl groups is 1. The molecule has 7 N–H and O–H groups in total. The average molecular weight is 585 g/mol. The molecule has 42 heavy (non-hydrogen) atoms. The molecule has 0 radical (unpaired) electrons. The molecule has 10 nitrogen and oxygen atoms in total. The number of hydrogen-bond donors (Lipinski definition) is 5. The molecule has 3 aromatic rings. The number of carbonyl (C=O) groups excluding carboxylic acids is 2. The molecule has 2 amide bonds. The number of nitrogens with two attached hydrogens (primary N) is 2. The van der Waals surface area contributed by atoms with Crippen LogP contribution in [-0.4, -0.2) is 64.8 Å². The van der Waals surface area contributed by atoms with Gasteiger partial charge < -0.3 is 31.9 Å². The largest absolute Gasteiger partial charge is 0.382 e. The molecule has 0 aliphatic carbocycles. The summed E-state index contributed by atoms with van der Waals surface area (Å²) in [5.74, 6) is -2.17. The van der Waals surface area contributed by atoms with Crippen LogP contribution in [0.5, 0.6) is 0 Å². The van der Waals surface area contributed by atoms with Crippen molar-refractivity contribution in [2.24, 2.45) is 16.9 Å². The maximum absolute atomic E-state index is 13.8. The van der Waals surface area contributed by atoms with Crippen LogP contribution < -0.4 is 22.1 Å². The quantitative estimate of drug-likeness (QED) is 0.181. The van der Waals surface area contributed by atoms with Gasteiger partial charge in [-0.15, -0.1) is 0 Å². The van der Waals surface area contributed by atoms with Crippen molar-refractivity contribution < 1.29 is 28.2 Å². The van der Waals surface area contributed by atoms with Crippen molar-refractivity contribution >= 4 is 11.8 Å². The first kappa shape index (κ1) is 32.7. The highest BCUT2D eigenvalue weighted by Crippen LogP contribution is 2.18. The summed E-state index contributed by atoms with van der Waals surface area (Å²) in [6.07, 6.45) is 3.35. The van der Waals surface area contributed by atoms with Gasteiger partial charge >= 0.3 is 0 Å². The molecule has 3 rings (SSSR count). The van der Waals surface area contributed by atoms with E-state index in [0.29, 0.717) is 0 Å². The Kier molecular flexibility index (Phi) is 12.0. The normalized spacial score (nSPS) is 13.7. The fourth-order valence-electron chi connectivity index (χ4n) is 4.04. The molecule has 0 spiro atoms.